The lowest BCUT2D eigenvalue weighted by molar-refractivity contribution is -0.141. The predicted octanol–water partition coefficient (Wildman–Crippen LogP) is 1.15. The third kappa shape index (κ3) is 4.00. The minimum Gasteiger partial charge on any atom is -0.481 e. The number of carboxylic acids is 1. The van der Waals surface area contributed by atoms with Crippen LogP contribution in [0.25, 0.3) is 0 Å². The van der Waals surface area contributed by atoms with Gasteiger partial charge in [-0.2, -0.15) is 0 Å². The van der Waals surface area contributed by atoms with Crippen molar-refractivity contribution in [2.45, 2.75) is 32.6 Å². The van der Waals surface area contributed by atoms with Gasteiger partial charge in [0.2, 0.25) is 0 Å². The first-order valence-corrected chi connectivity index (χ1v) is 5.60. The maximum atomic E-state index is 11.4. The number of likely N-dealkylation sites (tertiary alicyclic amines) is 1. The van der Waals surface area contributed by atoms with Crippen molar-refractivity contribution in [2.75, 3.05) is 19.6 Å². The lowest BCUT2D eigenvalue weighted by Crippen LogP contribution is -2.28. The Balaban J connectivity index is 2.23. The number of carbonyl (C=O) groups is 2. The normalized spacial score (nSPS) is 21.8. The van der Waals surface area contributed by atoms with Crippen molar-refractivity contribution >= 4 is 11.8 Å². The second-order valence-corrected chi connectivity index (χ2v) is 4.20. The van der Waals surface area contributed by atoms with Crippen LogP contribution in [0.3, 0.4) is 0 Å². The Morgan fingerprint density at radius 2 is 2.20 bits per heavy atom. The fourth-order valence-electron chi connectivity index (χ4n) is 1.88. The van der Waals surface area contributed by atoms with E-state index in [4.69, 9.17) is 5.11 Å². The number of carbonyl (C=O) groups excluding carboxylic acids is 1. The molecule has 0 spiro atoms. The van der Waals surface area contributed by atoms with E-state index in [2.05, 4.69) is 6.92 Å². The average Bonchev–Trinajstić information content (AvgIpc) is 2.63. The molecular weight excluding hydrogens is 194 g/mol. The van der Waals surface area contributed by atoms with Gasteiger partial charge in [0.15, 0.2) is 0 Å². The molecule has 1 saturated heterocycles. The van der Waals surface area contributed by atoms with Gasteiger partial charge in [-0.15, -0.1) is 0 Å². The summed E-state index contributed by atoms with van der Waals surface area (Å²) < 4.78 is 0. The molecule has 0 bridgehead atoms. The lowest BCUT2D eigenvalue weighted by Gasteiger charge is -2.13. The molecule has 15 heavy (non-hydrogen) atoms. The molecule has 1 N–H and O–H groups in total. The van der Waals surface area contributed by atoms with Crippen molar-refractivity contribution < 1.29 is 14.7 Å². The molecule has 0 aromatic heterocycles. The van der Waals surface area contributed by atoms with Gasteiger partial charge in [-0.3, -0.25) is 14.5 Å². The minimum absolute atomic E-state index is 0.239. The highest BCUT2D eigenvalue weighted by molar-refractivity contribution is 5.80. The van der Waals surface area contributed by atoms with Crippen LogP contribution in [0.4, 0.5) is 0 Å². The standard InChI is InChI=1S/C11H19NO3/c1-2-3-4-10(13)8-12-6-5-9(7-12)11(14)15/h9H,2-8H2,1H3,(H,14,15). The predicted molar refractivity (Wildman–Crippen MR) is 56.7 cm³/mol. The van der Waals surface area contributed by atoms with Crippen LogP contribution in [0.5, 0.6) is 0 Å². The number of ketones is 1. The molecule has 1 heterocycles. The van der Waals surface area contributed by atoms with Crippen molar-refractivity contribution in [1.82, 2.24) is 4.90 Å². The second kappa shape index (κ2) is 5.85. The quantitative estimate of drug-likeness (QED) is 0.719. The minimum atomic E-state index is -0.737. The molecule has 0 aliphatic carbocycles. The van der Waals surface area contributed by atoms with Crippen molar-refractivity contribution in [3.63, 3.8) is 0 Å². The van der Waals surface area contributed by atoms with E-state index in [1.807, 2.05) is 4.90 Å². The Morgan fingerprint density at radius 3 is 2.73 bits per heavy atom. The van der Waals surface area contributed by atoms with Crippen LogP contribution in [0.15, 0.2) is 0 Å². The summed E-state index contributed by atoms with van der Waals surface area (Å²) in [5.41, 5.74) is 0. The third-order valence-electron chi connectivity index (χ3n) is 2.83. The zero-order valence-electron chi connectivity index (χ0n) is 9.24. The van der Waals surface area contributed by atoms with Crippen LogP contribution in [0.1, 0.15) is 32.6 Å². The van der Waals surface area contributed by atoms with Crippen molar-refractivity contribution in [3.8, 4) is 0 Å². The number of nitrogens with zero attached hydrogens (tertiary/aromatic N) is 1. The van der Waals surface area contributed by atoms with Crippen LogP contribution in [-0.2, 0) is 9.59 Å². The van der Waals surface area contributed by atoms with Gasteiger partial charge in [0.25, 0.3) is 0 Å². The molecule has 86 valence electrons. The number of unbranched alkanes of at least 4 members (excludes halogenated alkanes) is 1. The van der Waals surface area contributed by atoms with Crippen LogP contribution >= 0.6 is 0 Å². The van der Waals surface area contributed by atoms with E-state index < -0.39 is 5.97 Å². The Labute approximate surface area is 90.3 Å². The fraction of sp³-hybridized carbons (Fsp3) is 0.818. The molecule has 1 unspecified atom stereocenters. The molecule has 1 atom stereocenters. The summed E-state index contributed by atoms with van der Waals surface area (Å²) in [5.74, 6) is -0.773. The van der Waals surface area contributed by atoms with E-state index in [0.29, 0.717) is 25.9 Å². The number of hydrogen-bond donors (Lipinski definition) is 1. The molecule has 0 saturated carbocycles. The summed E-state index contributed by atoms with van der Waals surface area (Å²) in [5, 5.41) is 8.79. The summed E-state index contributed by atoms with van der Waals surface area (Å²) in [6.45, 7) is 3.77. The fourth-order valence-corrected chi connectivity index (χ4v) is 1.88. The van der Waals surface area contributed by atoms with Gasteiger partial charge in [-0.05, 0) is 19.4 Å². The largest absolute Gasteiger partial charge is 0.481 e. The summed E-state index contributed by atoms with van der Waals surface area (Å²) >= 11 is 0. The van der Waals surface area contributed by atoms with Crippen LogP contribution in [0, 0.1) is 5.92 Å². The molecule has 0 aromatic rings. The molecule has 1 fully saturated rings. The van der Waals surface area contributed by atoms with Gasteiger partial charge >= 0.3 is 5.97 Å². The van der Waals surface area contributed by atoms with Crippen molar-refractivity contribution in [2.24, 2.45) is 5.92 Å². The number of Topliss-reactive ketones (excluding diaryl/α,β-unsaturated/α-hetero) is 1. The summed E-state index contributed by atoms with van der Waals surface area (Å²) in [7, 11) is 0. The first kappa shape index (κ1) is 12.2. The van der Waals surface area contributed by atoms with Gasteiger partial charge in [0.05, 0.1) is 12.5 Å². The molecule has 0 amide bonds. The van der Waals surface area contributed by atoms with Crippen LogP contribution in [-0.4, -0.2) is 41.4 Å². The molecule has 1 aliphatic rings. The number of rotatable bonds is 6. The molecule has 0 radical (unpaired) electrons. The van der Waals surface area contributed by atoms with Gasteiger partial charge in [0.1, 0.15) is 5.78 Å². The van der Waals surface area contributed by atoms with Gasteiger partial charge < -0.3 is 5.11 Å². The van der Waals surface area contributed by atoms with E-state index in [1.54, 1.807) is 0 Å². The van der Waals surface area contributed by atoms with Gasteiger partial charge in [-0.1, -0.05) is 13.3 Å². The topological polar surface area (TPSA) is 57.6 Å². The van der Waals surface area contributed by atoms with E-state index in [9.17, 15) is 9.59 Å². The smallest absolute Gasteiger partial charge is 0.307 e. The Hall–Kier alpha value is -0.900. The highest BCUT2D eigenvalue weighted by atomic mass is 16.4. The monoisotopic (exact) mass is 213 g/mol. The zero-order chi connectivity index (χ0) is 11.3. The Morgan fingerprint density at radius 1 is 1.47 bits per heavy atom. The Kier molecular flexibility index (Phi) is 4.75. The third-order valence-corrected chi connectivity index (χ3v) is 2.83. The van der Waals surface area contributed by atoms with Crippen LogP contribution in [0.2, 0.25) is 0 Å². The molecular formula is C11H19NO3. The van der Waals surface area contributed by atoms with Crippen molar-refractivity contribution in [3.05, 3.63) is 0 Å². The second-order valence-electron chi connectivity index (χ2n) is 4.20. The van der Waals surface area contributed by atoms with Gasteiger partial charge in [0, 0.05) is 13.0 Å². The molecule has 4 nitrogen and oxygen atoms in total. The van der Waals surface area contributed by atoms with Crippen molar-refractivity contribution in [1.29, 1.82) is 0 Å². The van der Waals surface area contributed by atoms with E-state index >= 15 is 0 Å². The first-order chi connectivity index (χ1) is 7.13. The number of carboxylic acid groups (broad SMARTS) is 1. The molecule has 1 aliphatic heterocycles. The zero-order valence-corrected chi connectivity index (χ0v) is 9.24. The van der Waals surface area contributed by atoms with Gasteiger partial charge in [-0.25, -0.2) is 0 Å². The lowest BCUT2D eigenvalue weighted by atomic mass is 10.1. The van der Waals surface area contributed by atoms with Crippen LogP contribution < -0.4 is 0 Å². The van der Waals surface area contributed by atoms with E-state index in [0.717, 1.165) is 19.4 Å². The van der Waals surface area contributed by atoms with E-state index in [-0.39, 0.29) is 11.7 Å². The Bertz CT molecular complexity index is 240. The summed E-state index contributed by atoms with van der Waals surface area (Å²) in [6.07, 6.45) is 3.28. The highest BCUT2D eigenvalue weighted by Gasteiger charge is 2.28. The van der Waals surface area contributed by atoms with E-state index in [1.165, 1.54) is 0 Å². The number of hydrogen-bond acceptors (Lipinski definition) is 3. The average molecular weight is 213 g/mol. The maximum absolute atomic E-state index is 11.4. The first-order valence-electron chi connectivity index (χ1n) is 5.60. The maximum Gasteiger partial charge on any atom is 0.307 e. The SMILES string of the molecule is CCCCC(=O)CN1CCC(C(=O)O)C1. The number of aliphatic carboxylic acids is 1. The highest BCUT2D eigenvalue weighted by Crippen LogP contribution is 2.16. The molecule has 1 rings (SSSR count). The molecule has 0 aromatic carbocycles. The summed E-state index contributed by atoms with van der Waals surface area (Å²) in [6, 6.07) is 0. The summed E-state index contributed by atoms with van der Waals surface area (Å²) in [4.78, 5) is 24.1. The molecule has 4 heteroatoms.